The van der Waals surface area contributed by atoms with E-state index in [4.69, 9.17) is 4.42 Å². The van der Waals surface area contributed by atoms with Crippen LogP contribution in [0.5, 0.6) is 0 Å². The molecule has 3 rings (SSSR count). The van der Waals surface area contributed by atoms with E-state index in [1.54, 1.807) is 18.5 Å². The molecule has 0 aliphatic carbocycles. The van der Waals surface area contributed by atoms with Crippen LogP contribution in [-0.2, 0) is 22.4 Å². The van der Waals surface area contributed by atoms with Gasteiger partial charge in [-0.05, 0) is 30.2 Å². The maximum absolute atomic E-state index is 12.6. The molecule has 1 atom stereocenters. The SMILES string of the molecule is Cc1ccncc1CC(=O)N1CCc2occc2C1C(=O)O. The third kappa shape index (κ3) is 2.47. The molecule has 1 aliphatic heterocycles. The molecule has 6 nitrogen and oxygen atoms in total. The zero-order valence-electron chi connectivity index (χ0n) is 12.2. The van der Waals surface area contributed by atoms with Crippen LogP contribution in [0.15, 0.2) is 35.2 Å². The first-order chi connectivity index (χ1) is 10.6. The summed E-state index contributed by atoms with van der Waals surface area (Å²) in [6.07, 6.45) is 5.47. The minimum absolute atomic E-state index is 0.149. The molecule has 0 bridgehead atoms. The van der Waals surface area contributed by atoms with Gasteiger partial charge in [-0.25, -0.2) is 4.79 Å². The van der Waals surface area contributed by atoms with Crippen LogP contribution in [0.1, 0.15) is 28.5 Å². The van der Waals surface area contributed by atoms with Gasteiger partial charge in [0, 0.05) is 30.9 Å². The number of carboxylic acid groups (broad SMARTS) is 1. The van der Waals surface area contributed by atoms with Gasteiger partial charge in [-0.1, -0.05) is 0 Å². The molecule has 0 saturated carbocycles. The maximum atomic E-state index is 12.6. The summed E-state index contributed by atoms with van der Waals surface area (Å²) in [7, 11) is 0. The molecule has 3 heterocycles. The van der Waals surface area contributed by atoms with Gasteiger partial charge in [-0.3, -0.25) is 9.78 Å². The van der Waals surface area contributed by atoms with Crippen LogP contribution in [0.25, 0.3) is 0 Å². The van der Waals surface area contributed by atoms with Crippen molar-refractivity contribution in [3.05, 3.63) is 53.2 Å². The predicted molar refractivity (Wildman–Crippen MR) is 77.2 cm³/mol. The Labute approximate surface area is 127 Å². The Hall–Kier alpha value is -2.63. The van der Waals surface area contributed by atoms with Crippen LogP contribution >= 0.6 is 0 Å². The number of carbonyl (C=O) groups is 2. The molecule has 0 saturated heterocycles. The number of furan rings is 1. The molecular formula is C16H16N2O4. The van der Waals surface area contributed by atoms with Crippen LogP contribution in [0.3, 0.4) is 0 Å². The van der Waals surface area contributed by atoms with E-state index in [0.717, 1.165) is 11.1 Å². The average Bonchev–Trinajstić information content (AvgIpc) is 2.96. The third-order valence-corrected chi connectivity index (χ3v) is 4.01. The van der Waals surface area contributed by atoms with Crippen LogP contribution in [0, 0.1) is 6.92 Å². The van der Waals surface area contributed by atoms with Crippen LogP contribution < -0.4 is 0 Å². The van der Waals surface area contributed by atoms with Crippen molar-refractivity contribution in [2.24, 2.45) is 0 Å². The zero-order valence-corrected chi connectivity index (χ0v) is 12.2. The number of aliphatic carboxylic acids is 1. The molecular weight excluding hydrogens is 284 g/mol. The number of fused-ring (bicyclic) bond motifs is 1. The van der Waals surface area contributed by atoms with Crippen molar-refractivity contribution in [1.82, 2.24) is 9.88 Å². The Morgan fingerprint density at radius 1 is 1.45 bits per heavy atom. The number of aryl methyl sites for hydroxylation is 1. The molecule has 0 spiro atoms. The average molecular weight is 300 g/mol. The molecule has 6 heteroatoms. The van der Waals surface area contributed by atoms with Gasteiger partial charge in [0.25, 0.3) is 0 Å². The van der Waals surface area contributed by atoms with E-state index in [1.807, 2.05) is 13.0 Å². The number of hydrogen-bond acceptors (Lipinski definition) is 4. The summed E-state index contributed by atoms with van der Waals surface area (Å²) < 4.78 is 5.29. The second kappa shape index (κ2) is 5.63. The molecule has 1 amide bonds. The van der Waals surface area contributed by atoms with Crippen LogP contribution in [0.4, 0.5) is 0 Å². The van der Waals surface area contributed by atoms with Crippen LogP contribution in [-0.4, -0.2) is 33.4 Å². The first-order valence-corrected chi connectivity index (χ1v) is 7.06. The second-order valence-corrected chi connectivity index (χ2v) is 5.36. The van der Waals surface area contributed by atoms with Gasteiger partial charge in [-0.2, -0.15) is 0 Å². The third-order valence-electron chi connectivity index (χ3n) is 4.01. The fraction of sp³-hybridized carbons (Fsp3) is 0.312. The standard InChI is InChI=1S/C16H16N2O4/c1-10-2-5-17-9-11(10)8-14(19)18-6-3-13-12(4-7-22-13)15(18)16(20)21/h2,4-5,7,9,15H,3,6,8H2,1H3,(H,20,21). The van der Waals surface area contributed by atoms with E-state index in [9.17, 15) is 14.7 Å². The number of amides is 1. The molecule has 1 aliphatic rings. The normalized spacial score (nSPS) is 17.1. The van der Waals surface area contributed by atoms with E-state index in [2.05, 4.69) is 4.98 Å². The minimum atomic E-state index is -1.04. The van der Waals surface area contributed by atoms with E-state index >= 15 is 0 Å². The number of carbonyl (C=O) groups excluding carboxylic acids is 1. The Morgan fingerprint density at radius 2 is 2.27 bits per heavy atom. The highest BCUT2D eigenvalue weighted by Crippen LogP contribution is 2.31. The fourth-order valence-corrected chi connectivity index (χ4v) is 2.80. The molecule has 0 fully saturated rings. The van der Waals surface area contributed by atoms with Crippen molar-refractivity contribution in [3.8, 4) is 0 Å². The monoisotopic (exact) mass is 300 g/mol. The van der Waals surface area contributed by atoms with Crippen molar-refractivity contribution in [2.75, 3.05) is 6.54 Å². The number of rotatable bonds is 3. The lowest BCUT2D eigenvalue weighted by Crippen LogP contribution is -2.43. The molecule has 114 valence electrons. The highest BCUT2D eigenvalue weighted by atomic mass is 16.4. The molecule has 0 radical (unpaired) electrons. The summed E-state index contributed by atoms with van der Waals surface area (Å²) in [6, 6.07) is 2.48. The summed E-state index contributed by atoms with van der Waals surface area (Å²) in [5, 5.41) is 9.50. The summed E-state index contributed by atoms with van der Waals surface area (Å²) in [5.41, 5.74) is 2.35. The van der Waals surface area contributed by atoms with Gasteiger partial charge < -0.3 is 14.4 Å². The number of aromatic nitrogens is 1. The fourth-order valence-electron chi connectivity index (χ4n) is 2.80. The van der Waals surface area contributed by atoms with Crippen molar-refractivity contribution < 1.29 is 19.1 Å². The quantitative estimate of drug-likeness (QED) is 0.933. The highest BCUT2D eigenvalue weighted by Gasteiger charge is 2.37. The van der Waals surface area contributed by atoms with Gasteiger partial charge in [0.2, 0.25) is 5.91 Å². The van der Waals surface area contributed by atoms with E-state index in [0.29, 0.717) is 24.3 Å². The summed E-state index contributed by atoms with van der Waals surface area (Å²) in [5.74, 6) is -0.608. The van der Waals surface area contributed by atoms with Gasteiger partial charge in [0.15, 0.2) is 6.04 Å². The maximum Gasteiger partial charge on any atom is 0.331 e. The van der Waals surface area contributed by atoms with Crippen molar-refractivity contribution in [2.45, 2.75) is 25.8 Å². The zero-order chi connectivity index (χ0) is 15.7. The van der Waals surface area contributed by atoms with Gasteiger partial charge in [-0.15, -0.1) is 0 Å². The Balaban J connectivity index is 1.86. The first kappa shape index (κ1) is 14.3. The van der Waals surface area contributed by atoms with Crippen LogP contribution in [0.2, 0.25) is 0 Å². The molecule has 2 aromatic rings. The topological polar surface area (TPSA) is 83.6 Å². The number of nitrogens with zero attached hydrogens (tertiary/aromatic N) is 2. The lowest BCUT2D eigenvalue weighted by molar-refractivity contribution is -0.151. The number of pyridine rings is 1. The van der Waals surface area contributed by atoms with E-state index in [-0.39, 0.29) is 12.3 Å². The number of carboxylic acids is 1. The van der Waals surface area contributed by atoms with Crippen molar-refractivity contribution in [3.63, 3.8) is 0 Å². The summed E-state index contributed by atoms with van der Waals surface area (Å²) in [6.45, 7) is 2.25. The molecule has 0 aromatic carbocycles. The minimum Gasteiger partial charge on any atom is -0.479 e. The first-order valence-electron chi connectivity index (χ1n) is 7.06. The Morgan fingerprint density at radius 3 is 3.00 bits per heavy atom. The summed E-state index contributed by atoms with van der Waals surface area (Å²) in [4.78, 5) is 29.6. The second-order valence-electron chi connectivity index (χ2n) is 5.36. The Bertz CT molecular complexity index is 722. The molecule has 22 heavy (non-hydrogen) atoms. The number of hydrogen-bond donors (Lipinski definition) is 1. The molecule has 1 unspecified atom stereocenters. The molecule has 2 aromatic heterocycles. The highest BCUT2D eigenvalue weighted by molar-refractivity contribution is 5.86. The van der Waals surface area contributed by atoms with E-state index < -0.39 is 12.0 Å². The van der Waals surface area contributed by atoms with Gasteiger partial charge in [0.05, 0.1) is 12.7 Å². The largest absolute Gasteiger partial charge is 0.479 e. The van der Waals surface area contributed by atoms with E-state index in [1.165, 1.54) is 11.2 Å². The lowest BCUT2D eigenvalue weighted by Gasteiger charge is -2.32. The van der Waals surface area contributed by atoms with Crippen molar-refractivity contribution >= 4 is 11.9 Å². The Kier molecular flexibility index (Phi) is 3.66. The predicted octanol–water partition coefficient (Wildman–Crippen LogP) is 1.74. The molecule has 1 N–H and O–H groups in total. The summed E-state index contributed by atoms with van der Waals surface area (Å²) >= 11 is 0. The van der Waals surface area contributed by atoms with Gasteiger partial charge in [0.1, 0.15) is 5.76 Å². The van der Waals surface area contributed by atoms with Crippen molar-refractivity contribution in [1.29, 1.82) is 0 Å². The van der Waals surface area contributed by atoms with Gasteiger partial charge >= 0.3 is 5.97 Å². The lowest BCUT2D eigenvalue weighted by atomic mass is 9.98. The smallest absolute Gasteiger partial charge is 0.331 e.